The van der Waals surface area contributed by atoms with Crippen molar-refractivity contribution in [3.63, 3.8) is 0 Å². The summed E-state index contributed by atoms with van der Waals surface area (Å²) in [7, 11) is 1.63. The van der Waals surface area contributed by atoms with Crippen molar-refractivity contribution >= 4 is 32.2 Å². The molecule has 0 fully saturated rings. The van der Waals surface area contributed by atoms with E-state index in [0.29, 0.717) is 0 Å². The van der Waals surface area contributed by atoms with E-state index in [1.54, 1.807) is 19.2 Å². The molecule has 0 N–H and O–H groups in total. The number of hydrogen-bond donors (Lipinski definition) is 0. The van der Waals surface area contributed by atoms with Crippen LogP contribution >= 0.6 is 11.3 Å². The number of nitro benzene ring substituents is 1. The molecule has 0 aliphatic heterocycles. The van der Waals surface area contributed by atoms with Crippen LogP contribution in [-0.2, 0) is 0 Å². The maximum Gasteiger partial charge on any atom is 0.270 e. The Morgan fingerprint density at radius 2 is 2.00 bits per heavy atom. The highest BCUT2D eigenvalue weighted by Crippen LogP contribution is 2.32. The topological polar surface area (TPSA) is 69.7 Å². The van der Waals surface area contributed by atoms with Crippen LogP contribution in [0.3, 0.4) is 0 Å². The number of thiazole rings is 1. The van der Waals surface area contributed by atoms with Crippen molar-refractivity contribution < 1.29 is 9.66 Å². The molecular weight excluding hydrogens is 314 g/mol. The number of nitrogens with zero attached hydrogens (tertiary/aromatic N) is 3. The van der Waals surface area contributed by atoms with Gasteiger partial charge in [0.05, 0.1) is 27.9 Å². The number of nitro groups is 1. The highest BCUT2D eigenvalue weighted by atomic mass is 32.1. The van der Waals surface area contributed by atoms with E-state index in [-0.39, 0.29) is 10.6 Å². The normalized spacial score (nSPS) is 11.2. The summed E-state index contributed by atoms with van der Waals surface area (Å²) in [5.74, 6) is 0.799. The number of rotatable bonds is 3. The van der Waals surface area contributed by atoms with E-state index in [1.807, 2.05) is 34.9 Å². The van der Waals surface area contributed by atoms with Gasteiger partial charge in [-0.15, -0.1) is 0 Å². The summed E-state index contributed by atoms with van der Waals surface area (Å²) in [6.45, 7) is 0. The Bertz CT molecular complexity index is 1030. The van der Waals surface area contributed by atoms with Crippen LogP contribution in [0.2, 0.25) is 0 Å². The predicted octanol–water partition coefficient (Wildman–Crippen LogP) is 4.13. The zero-order chi connectivity index (χ0) is 16.0. The van der Waals surface area contributed by atoms with Gasteiger partial charge in [-0.2, -0.15) is 0 Å². The lowest BCUT2D eigenvalue weighted by Crippen LogP contribution is -1.86. The van der Waals surface area contributed by atoms with Gasteiger partial charge in [-0.3, -0.25) is 14.5 Å². The Labute approximate surface area is 134 Å². The van der Waals surface area contributed by atoms with Crippen LogP contribution in [0.15, 0.2) is 48.7 Å². The van der Waals surface area contributed by atoms with Crippen LogP contribution in [0.5, 0.6) is 5.75 Å². The Kier molecular flexibility index (Phi) is 3.02. The molecule has 23 heavy (non-hydrogen) atoms. The maximum absolute atomic E-state index is 10.9. The SMILES string of the molecule is COc1ccc(-c2cn3c(n2)sc2cc([N+](=O)[O-])ccc23)cc1. The van der Waals surface area contributed by atoms with E-state index in [0.717, 1.165) is 32.2 Å². The van der Waals surface area contributed by atoms with Gasteiger partial charge in [-0.1, -0.05) is 11.3 Å². The summed E-state index contributed by atoms with van der Waals surface area (Å²) in [4.78, 5) is 15.9. The molecular formula is C16H11N3O3S. The van der Waals surface area contributed by atoms with Crippen molar-refractivity contribution in [1.82, 2.24) is 9.38 Å². The molecule has 0 aliphatic rings. The van der Waals surface area contributed by atoms with E-state index in [9.17, 15) is 10.1 Å². The highest BCUT2D eigenvalue weighted by molar-refractivity contribution is 7.23. The van der Waals surface area contributed by atoms with Crippen molar-refractivity contribution in [2.24, 2.45) is 0 Å². The van der Waals surface area contributed by atoms with Gasteiger partial charge in [0.25, 0.3) is 5.69 Å². The van der Waals surface area contributed by atoms with Gasteiger partial charge in [-0.05, 0) is 30.3 Å². The molecule has 2 heterocycles. The summed E-state index contributed by atoms with van der Waals surface area (Å²) in [5.41, 5.74) is 2.87. The van der Waals surface area contributed by atoms with E-state index >= 15 is 0 Å². The average Bonchev–Trinajstić information content (AvgIpc) is 3.12. The third-order valence-electron chi connectivity index (χ3n) is 3.67. The first kappa shape index (κ1) is 13.7. The van der Waals surface area contributed by atoms with Gasteiger partial charge in [0.15, 0.2) is 4.96 Å². The summed E-state index contributed by atoms with van der Waals surface area (Å²) < 4.78 is 7.97. The lowest BCUT2D eigenvalue weighted by Gasteiger charge is -2.00. The third kappa shape index (κ3) is 2.22. The molecule has 0 radical (unpaired) electrons. The molecule has 0 atom stereocenters. The molecule has 7 heteroatoms. The summed E-state index contributed by atoms with van der Waals surface area (Å²) in [6, 6.07) is 12.6. The van der Waals surface area contributed by atoms with Crippen LogP contribution in [-0.4, -0.2) is 21.4 Å². The minimum atomic E-state index is -0.384. The lowest BCUT2D eigenvalue weighted by molar-refractivity contribution is -0.384. The number of aromatic nitrogens is 2. The van der Waals surface area contributed by atoms with Crippen LogP contribution in [0.25, 0.3) is 26.4 Å². The lowest BCUT2D eigenvalue weighted by atomic mass is 10.2. The standard InChI is InChI=1S/C16H11N3O3S/c1-22-12-5-2-10(3-6-12)13-9-18-14-7-4-11(19(20)21)8-15(14)23-16(18)17-13/h2-9H,1H3. The zero-order valence-corrected chi connectivity index (χ0v) is 12.9. The van der Waals surface area contributed by atoms with Gasteiger partial charge < -0.3 is 4.74 Å². The van der Waals surface area contributed by atoms with Crippen molar-refractivity contribution in [3.8, 4) is 17.0 Å². The first-order chi connectivity index (χ1) is 11.2. The summed E-state index contributed by atoms with van der Waals surface area (Å²) in [6.07, 6.45) is 1.95. The quantitative estimate of drug-likeness (QED) is 0.419. The molecule has 114 valence electrons. The van der Waals surface area contributed by atoms with E-state index in [4.69, 9.17) is 4.74 Å². The monoisotopic (exact) mass is 325 g/mol. The number of imidazole rings is 1. The second kappa shape index (κ2) is 5.06. The highest BCUT2D eigenvalue weighted by Gasteiger charge is 2.13. The Morgan fingerprint density at radius 3 is 2.70 bits per heavy atom. The number of benzene rings is 2. The van der Waals surface area contributed by atoms with E-state index < -0.39 is 0 Å². The zero-order valence-electron chi connectivity index (χ0n) is 12.1. The van der Waals surface area contributed by atoms with Crippen LogP contribution in [0.4, 0.5) is 5.69 Å². The second-order valence-corrected chi connectivity index (χ2v) is 6.03. The molecule has 0 spiro atoms. The molecule has 4 rings (SSSR count). The fraction of sp³-hybridized carbons (Fsp3) is 0.0625. The Hall–Kier alpha value is -2.93. The third-order valence-corrected chi connectivity index (χ3v) is 4.69. The molecule has 0 amide bonds. The van der Waals surface area contributed by atoms with Crippen LogP contribution in [0, 0.1) is 10.1 Å². The number of hydrogen-bond acceptors (Lipinski definition) is 5. The smallest absolute Gasteiger partial charge is 0.270 e. The van der Waals surface area contributed by atoms with Crippen molar-refractivity contribution in [3.05, 3.63) is 58.8 Å². The molecule has 2 aromatic heterocycles. The molecule has 6 nitrogen and oxygen atoms in total. The molecule has 0 saturated heterocycles. The number of methoxy groups -OCH3 is 1. The van der Waals surface area contributed by atoms with Gasteiger partial charge in [-0.25, -0.2) is 4.98 Å². The minimum Gasteiger partial charge on any atom is -0.497 e. The van der Waals surface area contributed by atoms with E-state index in [1.165, 1.54) is 17.4 Å². The van der Waals surface area contributed by atoms with Gasteiger partial charge in [0, 0.05) is 23.9 Å². The fourth-order valence-electron chi connectivity index (χ4n) is 2.50. The summed E-state index contributed by atoms with van der Waals surface area (Å²) in [5, 5.41) is 10.9. The van der Waals surface area contributed by atoms with Crippen LogP contribution < -0.4 is 4.74 Å². The fourth-order valence-corrected chi connectivity index (χ4v) is 3.54. The molecule has 4 aromatic rings. The molecule has 0 saturated carbocycles. The largest absolute Gasteiger partial charge is 0.497 e. The number of ether oxygens (including phenoxy) is 1. The Morgan fingerprint density at radius 1 is 1.22 bits per heavy atom. The minimum absolute atomic E-state index is 0.0948. The van der Waals surface area contributed by atoms with Crippen molar-refractivity contribution in [2.75, 3.05) is 7.11 Å². The van der Waals surface area contributed by atoms with Gasteiger partial charge in [0.1, 0.15) is 5.75 Å². The van der Waals surface area contributed by atoms with Crippen molar-refractivity contribution in [2.45, 2.75) is 0 Å². The Balaban J connectivity index is 1.83. The second-order valence-electron chi connectivity index (χ2n) is 5.02. The number of non-ortho nitro benzene ring substituents is 1. The number of fused-ring (bicyclic) bond motifs is 3. The van der Waals surface area contributed by atoms with E-state index in [2.05, 4.69) is 4.98 Å². The molecule has 0 aliphatic carbocycles. The van der Waals surface area contributed by atoms with Crippen molar-refractivity contribution in [1.29, 1.82) is 0 Å². The summed E-state index contributed by atoms with van der Waals surface area (Å²) >= 11 is 1.44. The van der Waals surface area contributed by atoms with Gasteiger partial charge >= 0.3 is 0 Å². The first-order valence-corrected chi connectivity index (χ1v) is 7.68. The molecule has 0 unspecified atom stereocenters. The maximum atomic E-state index is 10.9. The van der Waals surface area contributed by atoms with Crippen LogP contribution in [0.1, 0.15) is 0 Å². The molecule has 0 bridgehead atoms. The first-order valence-electron chi connectivity index (χ1n) is 6.86. The predicted molar refractivity (Wildman–Crippen MR) is 89.2 cm³/mol. The average molecular weight is 325 g/mol. The molecule has 2 aromatic carbocycles. The van der Waals surface area contributed by atoms with Gasteiger partial charge in [0.2, 0.25) is 0 Å².